The predicted molar refractivity (Wildman–Crippen MR) is 227 cm³/mol. The van der Waals surface area contributed by atoms with Crippen molar-refractivity contribution in [1.82, 2.24) is 29.6 Å². The van der Waals surface area contributed by atoms with E-state index in [1.807, 2.05) is 26.8 Å². The van der Waals surface area contributed by atoms with Gasteiger partial charge in [-0.3, -0.25) is 29.3 Å². The van der Waals surface area contributed by atoms with E-state index >= 15 is 0 Å². The van der Waals surface area contributed by atoms with Gasteiger partial charge in [0, 0.05) is 114 Å². The number of hydrogen-bond acceptors (Lipinski definition) is 11. The molecule has 0 radical (unpaired) electrons. The van der Waals surface area contributed by atoms with E-state index in [0.717, 1.165) is 62.5 Å². The van der Waals surface area contributed by atoms with Crippen molar-refractivity contribution in [3.8, 4) is 0 Å². The number of nitrogens with two attached hydrogens (primary N) is 1. The van der Waals surface area contributed by atoms with Crippen LogP contribution in [0.1, 0.15) is 65.2 Å². The second-order valence-corrected chi connectivity index (χ2v) is 16.8. The summed E-state index contributed by atoms with van der Waals surface area (Å²) in [6, 6.07) is 6.64. The van der Waals surface area contributed by atoms with E-state index in [1.54, 1.807) is 24.8 Å². The fraction of sp³-hybridized carbons (Fsp3) is 0.615. The Kier molecular flexibility index (Phi) is 19.6. The Bertz CT molecular complexity index is 1710. The van der Waals surface area contributed by atoms with Gasteiger partial charge in [-0.15, -0.1) is 0 Å². The maximum atomic E-state index is 12.8. The molecule has 4 fully saturated rings. The summed E-state index contributed by atoms with van der Waals surface area (Å²) in [4.78, 5) is 75.1. The molecule has 0 aromatic carbocycles. The molecule has 16 nitrogen and oxygen atoms in total. The summed E-state index contributed by atoms with van der Waals surface area (Å²) in [6.07, 6.45) is 7.38. The Balaban J connectivity index is 0.000000301. The number of aromatic nitrogens is 2. The quantitative estimate of drug-likeness (QED) is 0.0950. The molecule has 2 aliphatic carbocycles. The Labute approximate surface area is 368 Å². The molecule has 2 saturated carbocycles. The van der Waals surface area contributed by atoms with Gasteiger partial charge >= 0.3 is 5.69 Å². The van der Waals surface area contributed by atoms with Gasteiger partial charge in [-0.1, -0.05) is 0 Å². The summed E-state index contributed by atoms with van der Waals surface area (Å²) in [5, 5.41) is 17.6. The average Bonchev–Trinajstić information content (AvgIpc) is 3.20. The smallest absolute Gasteiger partial charge is 0.311 e. The van der Waals surface area contributed by atoms with Crippen molar-refractivity contribution >= 4 is 78.5 Å². The zero-order valence-electron chi connectivity index (χ0n) is 33.6. The van der Waals surface area contributed by atoms with Crippen LogP contribution < -0.4 is 16.4 Å². The van der Waals surface area contributed by atoms with Crippen LogP contribution in [-0.2, 0) is 35.7 Å². The summed E-state index contributed by atoms with van der Waals surface area (Å²) in [7, 11) is 0. The van der Waals surface area contributed by atoms with Crippen molar-refractivity contribution < 1.29 is 40.6 Å². The van der Waals surface area contributed by atoms with Crippen LogP contribution >= 0.6 is 31.9 Å². The average molecular weight is 980 g/mol. The molecule has 2 aromatic rings. The predicted octanol–water partition coefficient (Wildman–Crippen LogP) is 5.44. The molecule has 0 atom stereocenters. The minimum absolute atomic E-state index is 0. The first kappa shape index (κ1) is 48.8. The number of carbonyl (C=O) groups is 4. The van der Waals surface area contributed by atoms with Crippen molar-refractivity contribution in [1.29, 1.82) is 0 Å². The number of pyridine rings is 2. The molecular weight excluding hydrogens is 923 g/mol. The van der Waals surface area contributed by atoms with Gasteiger partial charge in [0.15, 0.2) is 5.82 Å². The van der Waals surface area contributed by atoms with E-state index in [9.17, 15) is 29.3 Å². The molecule has 2 saturated heterocycles. The molecule has 2 aliphatic heterocycles. The molecule has 0 unspecified atom stereocenters. The van der Waals surface area contributed by atoms with Crippen LogP contribution in [0.5, 0.6) is 0 Å². The van der Waals surface area contributed by atoms with E-state index in [0.29, 0.717) is 86.8 Å². The monoisotopic (exact) mass is 977 g/mol. The minimum atomic E-state index is -0.441. The number of anilines is 3. The van der Waals surface area contributed by atoms with Crippen LogP contribution in [0.15, 0.2) is 33.5 Å². The third-order valence-electron chi connectivity index (χ3n) is 11.5. The number of nitrogens with zero attached hydrogens (tertiary/aromatic N) is 7. The molecule has 0 spiro atoms. The molecule has 2 aromatic heterocycles. The van der Waals surface area contributed by atoms with E-state index in [-0.39, 0.29) is 70.9 Å². The number of nitrogens with one attached hydrogen (secondary N) is 2. The summed E-state index contributed by atoms with van der Waals surface area (Å²) < 4.78 is 1.31. The van der Waals surface area contributed by atoms with Crippen LogP contribution in [0.4, 0.5) is 23.0 Å². The van der Waals surface area contributed by atoms with Gasteiger partial charge in [-0.25, -0.2) is 9.97 Å². The Morgan fingerprint density at radius 2 is 1.03 bits per heavy atom. The number of rotatable bonds is 9. The first-order chi connectivity index (χ1) is 26.8. The Morgan fingerprint density at radius 3 is 1.43 bits per heavy atom. The first-order valence-electron chi connectivity index (χ1n) is 19.6. The number of carbonyl (C=O) groups excluding carboxylic acids is 4. The van der Waals surface area contributed by atoms with Crippen LogP contribution in [0.2, 0.25) is 0 Å². The van der Waals surface area contributed by atoms with Gasteiger partial charge in [0.1, 0.15) is 9.21 Å². The van der Waals surface area contributed by atoms with Crippen molar-refractivity contribution in [2.45, 2.75) is 65.2 Å². The number of nitrogen functional groups attached to an aromatic ring is 1. The van der Waals surface area contributed by atoms with Crippen LogP contribution in [0.25, 0.3) is 0 Å². The van der Waals surface area contributed by atoms with E-state index in [1.165, 1.54) is 6.07 Å². The number of nitro groups is 1. The Morgan fingerprint density at radius 1 is 0.672 bits per heavy atom. The normalized spacial score (nSPS) is 21.9. The fourth-order valence-electron chi connectivity index (χ4n) is 8.00. The standard InChI is InChI=1S/C19H26BrN5O4.C19H28BrN5O2.CH3.Ni/c1-13(26)23-8-10-24(11-9-23)19(27)15-4-2-14(3-5-15)12-21-18-16(25(28)29)6-7-17(20)22-18;1-13(26)24-8-10-25(11-9-24)19(27)15-4-2-14(3-5-15)12-22-18-16(21)6-7-17(20)23-18;;/h6-7,14-15H,2-5,8-12H2,1H3,(H,21,22);6-7,14-15H,2-5,8-12,21H2,1H3,(H,22,23);1H3;/q;;-1;. The fourth-order valence-corrected chi connectivity index (χ4v) is 8.62. The van der Waals surface area contributed by atoms with Crippen LogP contribution in [0.3, 0.4) is 0 Å². The molecule has 4 aliphatic rings. The van der Waals surface area contributed by atoms with Crippen molar-refractivity contribution in [3.63, 3.8) is 0 Å². The molecule has 19 heteroatoms. The zero-order chi connectivity index (χ0) is 40.4. The van der Waals surface area contributed by atoms with Crippen molar-refractivity contribution in [2.24, 2.45) is 23.7 Å². The molecule has 4 heterocycles. The van der Waals surface area contributed by atoms with Crippen molar-refractivity contribution in [2.75, 3.05) is 81.8 Å². The maximum absolute atomic E-state index is 12.8. The first-order valence-corrected chi connectivity index (χ1v) is 21.2. The number of amides is 4. The van der Waals surface area contributed by atoms with Gasteiger partial charge < -0.3 is 43.4 Å². The molecule has 0 bridgehead atoms. The topological polar surface area (TPSA) is 200 Å². The summed E-state index contributed by atoms with van der Waals surface area (Å²) in [6.45, 7) is 9.64. The van der Waals surface area contributed by atoms with E-state index in [4.69, 9.17) is 5.73 Å². The van der Waals surface area contributed by atoms with Gasteiger partial charge in [0.2, 0.25) is 29.4 Å². The molecule has 4 amide bonds. The summed E-state index contributed by atoms with van der Waals surface area (Å²) >= 11 is 6.61. The van der Waals surface area contributed by atoms with Gasteiger partial charge in [0.05, 0.1) is 10.6 Å². The van der Waals surface area contributed by atoms with E-state index in [2.05, 4.69) is 52.5 Å². The molecule has 6 rings (SSSR count). The molecule has 324 valence electrons. The third-order valence-corrected chi connectivity index (χ3v) is 12.4. The number of halogens is 2. The number of piperazine rings is 2. The van der Waals surface area contributed by atoms with E-state index < -0.39 is 4.92 Å². The molecule has 4 N–H and O–H groups in total. The second kappa shape index (κ2) is 23.3. The Hall–Kier alpha value is -3.57. The second-order valence-electron chi connectivity index (χ2n) is 15.2. The third kappa shape index (κ3) is 13.8. The zero-order valence-corrected chi connectivity index (χ0v) is 37.7. The molecular formula is C39H57Br2N10NiO6-. The van der Waals surface area contributed by atoms with Gasteiger partial charge in [-0.05, 0) is 113 Å². The minimum Gasteiger partial charge on any atom is -0.396 e. The maximum Gasteiger partial charge on any atom is 0.311 e. The van der Waals surface area contributed by atoms with Crippen LogP contribution in [-0.4, -0.2) is 124 Å². The largest absolute Gasteiger partial charge is 0.396 e. The molecule has 58 heavy (non-hydrogen) atoms. The summed E-state index contributed by atoms with van der Waals surface area (Å²) in [5.74, 6) is 2.65. The number of hydrogen-bond donors (Lipinski definition) is 3. The van der Waals surface area contributed by atoms with Gasteiger partial charge in [-0.2, -0.15) is 0 Å². The van der Waals surface area contributed by atoms with Gasteiger partial charge in [0.25, 0.3) is 0 Å². The summed E-state index contributed by atoms with van der Waals surface area (Å²) in [5.41, 5.74) is 6.56. The van der Waals surface area contributed by atoms with Crippen LogP contribution in [0, 0.1) is 41.2 Å². The van der Waals surface area contributed by atoms with Crippen molar-refractivity contribution in [3.05, 3.63) is 51.0 Å². The SMILES string of the molecule is CC(=O)N1CCN(C(=O)C2CCC(CNc3nc(Br)ccc3N)CC2)CC1.CC(=O)N1CCN(C(=O)C2CCC(CNc3nc(Br)ccc3[N+](=O)[O-])CC2)CC1.[CH3-].[Ni].